The molecule has 152 valence electrons. The zero-order valence-corrected chi connectivity index (χ0v) is 18.2. The molecule has 0 aliphatic carbocycles. The van der Waals surface area contributed by atoms with Crippen LogP contribution in [-0.4, -0.2) is 19.9 Å². The molecular formula is C24H21Cl2N3O. The lowest BCUT2D eigenvalue weighted by atomic mass is 10.0. The molecule has 0 saturated heterocycles. The molecule has 4 nitrogen and oxygen atoms in total. The van der Waals surface area contributed by atoms with E-state index in [2.05, 4.69) is 4.98 Å². The second kappa shape index (κ2) is 8.60. The molecule has 4 aromatic rings. The number of aliphatic hydroxyl groups excluding tert-OH is 1. The zero-order valence-electron chi connectivity index (χ0n) is 16.7. The Hall–Kier alpha value is -2.66. The van der Waals surface area contributed by atoms with Crippen molar-refractivity contribution in [2.75, 3.05) is 0 Å². The standard InChI is InChI=1S/C24H21Cl2N3O/c1-15-13-20(26)7-8-21(15)29-24(18-3-5-19(25)6-4-18)16(2)23(28-29)22(30)14-17-9-11-27-12-10-17/h3-13,22,30H,14H2,1-2H3. The Labute approximate surface area is 185 Å². The molecule has 0 amide bonds. The first-order valence-electron chi connectivity index (χ1n) is 9.63. The summed E-state index contributed by atoms with van der Waals surface area (Å²) in [5.74, 6) is 0. The molecule has 2 aromatic carbocycles. The number of nitrogens with zero attached hydrogens (tertiary/aromatic N) is 3. The summed E-state index contributed by atoms with van der Waals surface area (Å²) in [5.41, 5.74) is 6.37. The number of rotatable bonds is 5. The molecule has 0 saturated carbocycles. The molecule has 0 aliphatic rings. The lowest BCUT2D eigenvalue weighted by Gasteiger charge is -2.12. The summed E-state index contributed by atoms with van der Waals surface area (Å²) in [4.78, 5) is 4.04. The summed E-state index contributed by atoms with van der Waals surface area (Å²) in [6.45, 7) is 3.99. The van der Waals surface area contributed by atoms with Crippen LogP contribution in [0.1, 0.15) is 28.5 Å². The van der Waals surface area contributed by atoms with Gasteiger partial charge in [0.15, 0.2) is 0 Å². The molecule has 0 spiro atoms. The Morgan fingerprint density at radius 2 is 1.60 bits per heavy atom. The van der Waals surface area contributed by atoms with Crippen molar-refractivity contribution in [1.29, 1.82) is 0 Å². The van der Waals surface area contributed by atoms with Crippen LogP contribution in [0, 0.1) is 13.8 Å². The third-order valence-electron chi connectivity index (χ3n) is 5.16. The molecule has 2 aromatic heterocycles. The van der Waals surface area contributed by atoms with E-state index in [9.17, 15) is 5.11 Å². The van der Waals surface area contributed by atoms with E-state index in [1.165, 1.54) is 0 Å². The van der Waals surface area contributed by atoms with Gasteiger partial charge in [0.25, 0.3) is 0 Å². The smallest absolute Gasteiger partial charge is 0.102 e. The molecule has 4 rings (SSSR count). The normalized spacial score (nSPS) is 12.2. The van der Waals surface area contributed by atoms with Gasteiger partial charge in [-0.05, 0) is 67.4 Å². The van der Waals surface area contributed by atoms with Gasteiger partial charge in [0.2, 0.25) is 0 Å². The van der Waals surface area contributed by atoms with Crippen LogP contribution in [-0.2, 0) is 6.42 Å². The van der Waals surface area contributed by atoms with Gasteiger partial charge in [-0.15, -0.1) is 0 Å². The van der Waals surface area contributed by atoms with Crippen LogP contribution in [0.5, 0.6) is 0 Å². The summed E-state index contributed by atoms with van der Waals surface area (Å²) in [7, 11) is 0. The van der Waals surface area contributed by atoms with E-state index in [0.29, 0.717) is 22.2 Å². The minimum Gasteiger partial charge on any atom is -0.386 e. The second-order valence-electron chi connectivity index (χ2n) is 7.28. The number of aryl methyl sites for hydroxylation is 1. The first-order valence-corrected chi connectivity index (χ1v) is 10.4. The van der Waals surface area contributed by atoms with Crippen molar-refractivity contribution in [3.8, 4) is 16.9 Å². The van der Waals surface area contributed by atoms with E-state index < -0.39 is 6.10 Å². The Morgan fingerprint density at radius 1 is 0.933 bits per heavy atom. The number of aliphatic hydroxyl groups is 1. The van der Waals surface area contributed by atoms with Crippen molar-refractivity contribution in [3.63, 3.8) is 0 Å². The molecule has 1 N–H and O–H groups in total. The number of aromatic nitrogens is 3. The highest BCUT2D eigenvalue weighted by molar-refractivity contribution is 6.31. The molecule has 1 atom stereocenters. The maximum atomic E-state index is 11.0. The van der Waals surface area contributed by atoms with Crippen LogP contribution >= 0.6 is 23.2 Å². The van der Waals surface area contributed by atoms with Gasteiger partial charge < -0.3 is 5.11 Å². The average Bonchev–Trinajstić information content (AvgIpc) is 3.06. The van der Waals surface area contributed by atoms with Gasteiger partial charge in [-0.1, -0.05) is 35.3 Å². The van der Waals surface area contributed by atoms with Crippen molar-refractivity contribution in [2.24, 2.45) is 0 Å². The Bertz CT molecular complexity index is 1170. The molecule has 6 heteroatoms. The van der Waals surface area contributed by atoms with Gasteiger partial charge in [0, 0.05) is 40.0 Å². The maximum absolute atomic E-state index is 11.0. The van der Waals surface area contributed by atoms with E-state index in [1.54, 1.807) is 12.4 Å². The van der Waals surface area contributed by atoms with Crippen LogP contribution in [0.3, 0.4) is 0 Å². The summed E-state index contributed by atoms with van der Waals surface area (Å²) < 4.78 is 1.88. The van der Waals surface area contributed by atoms with Crippen molar-refractivity contribution in [3.05, 3.63) is 99.4 Å². The molecule has 0 bridgehead atoms. The van der Waals surface area contributed by atoms with E-state index in [0.717, 1.165) is 33.6 Å². The molecule has 0 aliphatic heterocycles. The van der Waals surface area contributed by atoms with Gasteiger partial charge in [-0.2, -0.15) is 5.10 Å². The Kier molecular flexibility index (Phi) is 5.91. The molecule has 0 fully saturated rings. The zero-order chi connectivity index (χ0) is 21.3. The predicted molar refractivity (Wildman–Crippen MR) is 121 cm³/mol. The molecule has 30 heavy (non-hydrogen) atoms. The van der Waals surface area contributed by atoms with Crippen molar-refractivity contribution in [1.82, 2.24) is 14.8 Å². The van der Waals surface area contributed by atoms with E-state index >= 15 is 0 Å². The van der Waals surface area contributed by atoms with Crippen LogP contribution in [0.15, 0.2) is 67.0 Å². The van der Waals surface area contributed by atoms with Crippen molar-refractivity contribution < 1.29 is 5.11 Å². The van der Waals surface area contributed by atoms with Crippen LogP contribution in [0.25, 0.3) is 16.9 Å². The average molecular weight is 438 g/mol. The maximum Gasteiger partial charge on any atom is 0.102 e. The van der Waals surface area contributed by atoms with Gasteiger partial charge >= 0.3 is 0 Å². The van der Waals surface area contributed by atoms with Crippen molar-refractivity contribution >= 4 is 23.2 Å². The SMILES string of the molecule is Cc1cc(Cl)ccc1-n1nc(C(O)Cc2ccncc2)c(C)c1-c1ccc(Cl)cc1. The van der Waals surface area contributed by atoms with Gasteiger partial charge in [-0.25, -0.2) is 4.68 Å². The van der Waals surface area contributed by atoms with Gasteiger partial charge in [0.1, 0.15) is 6.10 Å². The fraction of sp³-hybridized carbons (Fsp3) is 0.167. The number of hydrogen-bond donors (Lipinski definition) is 1. The summed E-state index contributed by atoms with van der Waals surface area (Å²) >= 11 is 12.3. The number of hydrogen-bond acceptors (Lipinski definition) is 3. The van der Waals surface area contributed by atoms with Crippen molar-refractivity contribution in [2.45, 2.75) is 26.4 Å². The Balaban J connectivity index is 1.85. The molecule has 1 unspecified atom stereocenters. The van der Waals surface area contributed by atoms with Crippen LogP contribution in [0.2, 0.25) is 10.0 Å². The number of halogens is 2. The van der Waals surface area contributed by atoms with E-state index in [4.69, 9.17) is 28.3 Å². The van der Waals surface area contributed by atoms with Crippen LogP contribution < -0.4 is 0 Å². The van der Waals surface area contributed by atoms with Gasteiger partial charge in [0.05, 0.1) is 17.1 Å². The second-order valence-corrected chi connectivity index (χ2v) is 8.16. The minimum absolute atomic E-state index is 0.458. The largest absolute Gasteiger partial charge is 0.386 e. The summed E-state index contributed by atoms with van der Waals surface area (Å²) in [6.07, 6.45) is 3.17. The third kappa shape index (κ3) is 4.12. The molecule has 2 heterocycles. The molecular weight excluding hydrogens is 417 g/mol. The Morgan fingerprint density at radius 3 is 2.27 bits per heavy atom. The first-order chi connectivity index (χ1) is 14.4. The predicted octanol–water partition coefficient (Wildman–Crippen LogP) is 6.13. The highest BCUT2D eigenvalue weighted by Gasteiger charge is 2.23. The van der Waals surface area contributed by atoms with E-state index in [-0.39, 0.29) is 0 Å². The minimum atomic E-state index is -0.743. The number of pyridine rings is 1. The first kappa shape index (κ1) is 20.6. The monoisotopic (exact) mass is 437 g/mol. The highest BCUT2D eigenvalue weighted by atomic mass is 35.5. The van der Waals surface area contributed by atoms with Gasteiger partial charge in [-0.3, -0.25) is 4.98 Å². The van der Waals surface area contributed by atoms with Crippen LogP contribution in [0.4, 0.5) is 0 Å². The lowest BCUT2D eigenvalue weighted by molar-refractivity contribution is 0.172. The summed E-state index contributed by atoms with van der Waals surface area (Å²) in [6, 6.07) is 17.2. The summed E-state index contributed by atoms with van der Waals surface area (Å²) in [5, 5.41) is 17.2. The quantitative estimate of drug-likeness (QED) is 0.408. The topological polar surface area (TPSA) is 50.9 Å². The highest BCUT2D eigenvalue weighted by Crippen LogP contribution is 2.34. The molecule has 0 radical (unpaired) electrons. The lowest BCUT2D eigenvalue weighted by Crippen LogP contribution is -2.06. The number of benzene rings is 2. The van der Waals surface area contributed by atoms with E-state index in [1.807, 2.05) is 73.1 Å². The fourth-order valence-corrected chi connectivity index (χ4v) is 4.00. The fourth-order valence-electron chi connectivity index (χ4n) is 3.65. The third-order valence-corrected chi connectivity index (χ3v) is 5.64.